The highest BCUT2D eigenvalue weighted by molar-refractivity contribution is 5.93. The first-order valence-corrected chi connectivity index (χ1v) is 5.00. The molecule has 1 N–H and O–H groups in total. The molecule has 16 heavy (non-hydrogen) atoms. The summed E-state index contributed by atoms with van der Waals surface area (Å²) in [7, 11) is 0. The van der Waals surface area contributed by atoms with Crippen LogP contribution in [0, 0.1) is 6.07 Å². The van der Waals surface area contributed by atoms with Crippen molar-refractivity contribution in [3.63, 3.8) is 0 Å². The van der Waals surface area contributed by atoms with E-state index in [2.05, 4.69) is 16.4 Å². The lowest BCUT2D eigenvalue weighted by Crippen LogP contribution is -2.22. The van der Waals surface area contributed by atoms with Gasteiger partial charge in [-0.3, -0.25) is 9.78 Å². The molecule has 0 unspecified atom stereocenters. The summed E-state index contributed by atoms with van der Waals surface area (Å²) in [5.74, 6) is -0.120. The summed E-state index contributed by atoms with van der Waals surface area (Å²) in [5.41, 5.74) is 1.53. The van der Waals surface area contributed by atoms with E-state index in [1.807, 2.05) is 24.3 Å². The minimum absolute atomic E-state index is 0.120. The molecule has 2 aromatic rings. The van der Waals surface area contributed by atoms with Gasteiger partial charge in [-0.2, -0.15) is 0 Å². The molecule has 0 aliphatic heterocycles. The maximum Gasteiger partial charge on any atom is 0.253 e. The van der Waals surface area contributed by atoms with Crippen molar-refractivity contribution in [2.45, 2.75) is 6.54 Å². The zero-order chi connectivity index (χ0) is 11.2. The largest absolute Gasteiger partial charge is 0.348 e. The van der Waals surface area contributed by atoms with Gasteiger partial charge in [0, 0.05) is 18.9 Å². The number of pyridine rings is 1. The first-order chi connectivity index (χ1) is 7.86. The molecule has 1 aromatic heterocycles. The molecule has 0 saturated carbocycles. The summed E-state index contributed by atoms with van der Waals surface area (Å²) in [6, 6.07) is 14.1. The summed E-state index contributed by atoms with van der Waals surface area (Å²) >= 11 is 0. The quantitative estimate of drug-likeness (QED) is 0.841. The molecule has 0 spiro atoms. The van der Waals surface area contributed by atoms with Crippen molar-refractivity contribution in [1.29, 1.82) is 0 Å². The predicted molar refractivity (Wildman–Crippen MR) is 60.7 cm³/mol. The Morgan fingerprint density at radius 2 is 2.25 bits per heavy atom. The summed E-state index contributed by atoms with van der Waals surface area (Å²) in [4.78, 5) is 15.5. The van der Waals surface area contributed by atoms with Gasteiger partial charge < -0.3 is 5.32 Å². The van der Waals surface area contributed by atoms with E-state index in [9.17, 15) is 4.79 Å². The average Bonchev–Trinajstić information content (AvgIpc) is 2.38. The van der Waals surface area contributed by atoms with E-state index in [1.165, 1.54) is 0 Å². The number of nitrogens with one attached hydrogen (secondary N) is 1. The third-order valence-corrected chi connectivity index (χ3v) is 2.14. The third-order valence-electron chi connectivity index (χ3n) is 2.14. The van der Waals surface area contributed by atoms with Crippen molar-refractivity contribution in [2.24, 2.45) is 0 Å². The molecule has 1 aromatic carbocycles. The topological polar surface area (TPSA) is 42.0 Å². The molecule has 0 saturated heterocycles. The fourth-order valence-corrected chi connectivity index (χ4v) is 1.32. The van der Waals surface area contributed by atoms with Crippen LogP contribution in [0.3, 0.4) is 0 Å². The molecule has 79 valence electrons. The maximum atomic E-state index is 11.7. The number of aromatic nitrogens is 1. The van der Waals surface area contributed by atoms with Gasteiger partial charge in [-0.05, 0) is 23.8 Å². The smallest absolute Gasteiger partial charge is 0.253 e. The van der Waals surface area contributed by atoms with Crippen LogP contribution in [-0.2, 0) is 6.54 Å². The molecular formula is C13H11N2O. The number of carbonyl (C=O) groups excluding carboxylic acids is 1. The molecule has 1 amide bonds. The van der Waals surface area contributed by atoms with Crippen LogP contribution in [0.15, 0.2) is 48.8 Å². The SMILES string of the molecule is O=C(NCc1[c]cccc1)c1cccnc1. The van der Waals surface area contributed by atoms with Crippen LogP contribution in [0.2, 0.25) is 0 Å². The van der Waals surface area contributed by atoms with Gasteiger partial charge in [0.25, 0.3) is 5.91 Å². The third kappa shape index (κ3) is 2.67. The molecule has 0 atom stereocenters. The van der Waals surface area contributed by atoms with E-state index >= 15 is 0 Å². The van der Waals surface area contributed by atoms with Crippen LogP contribution in [0.5, 0.6) is 0 Å². The second-order valence-electron chi connectivity index (χ2n) is 3.31. The monoisotopic (exact) mass is 211 g/mol. The summed E-state index contributed by atoms with van der Waals surface area (Å²) in [6.45, 7) is 0.481. The Bertz CT molecular complexity index is 454. The first-order valence-electron chi connectivity index (χ1n) is 5.00. The normalized spacial score (nSPS) is 9.75. The van der Waals surface area contributed by atoms with Gasteiger partial charge in [-0.1, -0.05) is 24.3 Å². The summed E-state index contributed by atoms with van der Waals surface area (Å²) in [6.07, 6.45) is 3.19. The zero-order valence-electron chi connectivity index (χ0n) is 8.68. The van der Waals surface area contributed by atoms with E-state index < -0.39 is 0 Å². The molecule has 2 rings (SSSR count). The van der Waals surface area contributed by atoms with Crippen molar-refractivity contribution in [2.75, 3.05) is 0 Å². The Balaban J connectivity index is 1.95. The molecular weight excluding hydrogens is 200 g/mol. The molecule has 0 aliphatic rings. The number of nitrogens with zero attached hydrogens (tertiary/aromatic N) is 1. The van der Waals surface area contributed by atoms with Gasteiger partial charge in [0.05, 0.1) is 5.56 Å². The van der Waals surface area contributed by atoms with Crippen molar-refractivity contribution in [1.82, 2.24) is 10.3 Å². The minimum Gasteiger partial charge on any atom is -0.348 e. The van der Waals surface area contributed by atoms with Crippen LogP contribution in [0.1, 0.15) is 15.9 Å². The van der Waals surface area contributed by atoms with Crippen LogP contribution in [0.4, 0.5) is 0 Å². The lowest BCUT2D eigenvalue weighted by atomic mass is 10.2. The second kappa shape index (κ2) is 5.07. The van der Waals surface area contributed by atoms with Crippen molar-refractivity contribution >= 4 is 5.91 Å². The highest BCUT2D eigenvalue weighted by atomic mass is 16.1. The van der Waals surface area contributed by atoms with Gasteiger partial charge in [-0.15, -0.1) is 0 Å². The van der Waals surface area contributed by atoms with E-state index in [0.717, 1.165) is 5.56 Å². The zero-order valence-corrected chi connectivity index (χ0v) is 8.68. The Morgan fingerprint density at radius 1 is 1.31 bits per heavy atom. The van der Waals surface area contributed by atoms with Crippen molar-refractivity contribution in [3.8, 4) is 0 Å². The molecule has 0 aliphatic carbocycles. The lowest BCUT2D eigenvalue weighted by molar-refractivity contribution is 0.0950. The van der Waals surface area contributed by atoms with Crippen LogP contribution in [0.25, 0.3) is 0 Å². The fourth-order valence-electron chi connectivity index (χ4n) is 1.32. The molecule has 0 bridgehead atoms. The van der Waals surface area contributed by atoms with Crippen LogP contribution in [-0.4, -0.2) is 10.9 Å². The molecule has 1 heterocycles. The van der Waals surface area contributed by atoms with E-state index in [1.54, 1.807) is 24.5 Å². The van der Waals surface area contributed by atoms with E-state index in [4.69, 9.17) is 0 Å². The number of carbonyl (C=O) groups is 1. The predicted octanol–water partition coefficient (Wildman–Crippen LogP) is 1.81. The Kier molecular flexibility index (Phi) is 3.28. The molecule has 3 nitrogen and oxygen atoms in total. The molecule has 0 fully saturated rings. The standard InChI is InChI=1S/C13H11N2O/c16-13(12-7-4-8-14-10-12)15-9-11-5-2-1-3-6-11/h1-5,7-8,10H,9H2,(H,15,16). The summed E-state index contributed by atoms with van der Waals surface area (Å²) < 4.78 is 0. The van der Waals surface area contributed by atoms with E-state index in [-0.39, 0.29) is 5.91 Å². The lowest BCUT2D eigenvalue weighted by Gasteiger charge is -2.04. The number of hydrogen-bond acceptors (Lipinski definition) is 2. The van der Waals surface area contributed by atoms with E-state index in [0.29, 0.717) is 12.1 Å². The first kappa shape index (κ1) is 10.4. The average molecular weight is 211 g/mol. The number of hydrogen-bond donors (Lipinski definition) is 1. The second-order valence-corrected chi connectivity index (χ2v) is 3.31. The minimum atomic E-state index is -0.120. The van der Waals surface area contributed by atoms with Crippen molar-refractivity contribution < 1.29 is 4.79 Å². The Labute approximate surface area is 94.1 Å². The van der Waals surface area contributed by atoms with Gasteiger partial charge in [0.2, 0.25) is 0 Å². The highest BCUT2D eigenvalue weighted by Crippen LogP contribution is 1.99. The van der Waals surface area contributed by atoms with Gasteiger partial charge in [0.1, 0.15) is 0 Å². The van der Waals surface area contributed by atoms with Crippen LogP contribution < -0.4 is 5.32 Å². The van der Waals surface area contributed by atoms with Crippen LogP contribution >= 0.6 is 0 Å². The van der Waals surface area contributed by atoms with Gasteiger partial charge in [-0.25, -0.2) is 0 Å². The molecule has 3 heteroatoms. The van der Waals surface area contributed by atoms with Gasteiger partial charge in [0.15, 0.2) is 0 Å². The Morgan fingerprint density at radius 3 is 2.94 bits per heavy atom. The number of amides is 1. The number of rotatable bonds is 3. The highest BCUT2D eigenvalue weighted by Gasteiger charge is 2.03. The Hall–Kier alpha value is -2.16. The summed E-state index contributed by atoms with van der Waals surface area (Å²) in [5, 5.41) is 2.81. The van der Waals surface area contributed by atoms with Crippen molar-refractivity contribution in [3.05, 3.63) is 66.0 Å². The maximum absolute atomic E-state index is 11.7. The number of benzene rings is 1. The molecule has 1 radical (unpaired) electrons. The fraction of sp³-hybridized carbons (Fsp3) is 0.0769. The van der Waals surface area contributed by atoms with Gasteiger partial charge >= 0.3 is 0 Å².